The summed E-state index contributed by atoms with van der Waals surface area (Å²) < 4.78 is 5.31. The summed E-state index contributed by atoms with van der Waals surface area (Å²) in [7, 11) is 0. The third-order valence-corrected chi connectivity index (χ3v) is 5.04. The smallest absolute Gasteiger partial charge is 0.293 e. The second-order valence-corrected chi connectivity index (χ2v) is 6.73. The predicted octanol–water partition coefficient (Wildman–Crippen LogP) is 3.53. The first-order valence-electron chi connectivity index (χ1n) is 9.81. The van der Waals surface area contributed by atoms with Gasteiger partial charge < -0.3 is 19.9 Å². The SMILES string of the molecule is CCN(CC)c1ccc(NC(=O)c2ccc(N3CCOCC3)c([N+](=O)[O-])c2)cc1. The molecule has 1 N–H and O–H groups in total. The first kappa shape index (κ1) is 20.6. The highest BCUT2D eigenvalue weighted by Gasteiger charge is 2.23. The minimum absolute atomic E-state index is 0.0727. The first-order valence-corrected chi connectivity index (χ1v) is 9.81. The van der Waals surface area contributed by atoms with Crippen molar-refractivity contribution in [3.8, 4) is 0 Å². The van der Waals surface area contributed by atoms with Crippen LogP contribution in [0.5, 0.6) is 0 Å². The zero-order valence-electron chi connectivity index (χ0n) is 16.8. The van der Waals surface area contributed by atoms with Crippen LogP contribution >= 0.6 is 0 Å². The number of amides is 1. The molecule has 0 atom stereocenters. The van der Waals surface area contributed by atoms with Gasteiger partial charge in [-0.25, -0.2) is 0 Å². The molecule has 29 heavy (non-hydrogen) atoms. The highest BCUT2D eigenvalue weighted by atomic mass is 16.6. The van der Waals surface area contributed by atoms with Gasteiger partial charge in [-0.15, -0.1) is 0 Å². The maximum absolute atomic E-state index is 12.6. The van der Waals surface area contributed by atoms with Crippen LogP contribution in [0.2, 0.25) is 0 Å². The second-order valence-electron chi connectivity index (χ2n) is 6.73. The Hall–Kier alpha value is -3.13. The van der Waals surface area contributed by atoms with E-state index in [0.717, 1.165) is 18.8 Å². The highest BCUT2D eigenvalue weighted by molar-refractivity contribution is 6.05. The Morgan fingerprint density at radius 2 is 1.79 bits per heavy atom. The van der Waals surface area contributed by atoms with Crippen LogP contribution in [0.1, 0.15) is 24.2 Å². The summed E-state index contributed by atoms with van der Waals surface area (Å²) in [6.07, 6.45) is 0. The van der Waals surface area contributed by atoms with E-state index in [-0.39, 0.29) is 17.2 Å². The number of anilines is 3. The third-order valence-electron chi connectivity index (χ3n) is 5.04. The van der Waals surface area contributed by atoms with Crippen molar-refractivity contribution in [1.29, 1.82) is 0 Å². The fourth-order valence-corrected chi connectivity index (χ4v) is 3.43. The summed E-state index contributed by atoms with van der Waals surface area (Å²) in [5.74, 6) is -0.378. The molecule has 0 radical (unpaired) electrons. The van der Waals surface area contributed by atoms with Crippen molar-refractivity contribution in [3.05, 3.63) is 58.1 Å². The van der Waals surface area contributed by atoms with E-state index in [1.165, 1.54) is 6.07 Å². The van der Waals surface area contributed by atoms with Crippen LogP contribution in [-0.4, -0.2) is 50.2 Å². The molecule has 0 aliphatic carbocycles. The first-order chi connectivity index (χ1) is 14.0. The van der Waals surface area contributed by atoms with E-state index in [4.69, 9.17) is 4.74 Å². The van der Waals surface area contributed by atoms with Crippen LogP contribution in [-0.2, 0) is 4.74 Å². The molecule has 8 nitrogen and oxygen atoms in total. The molecule has 2 aromatic carbocycles. The normalized spacial score (nSPS) is 13.8. The quantitative estimate of drug-likeness (QED) is 0.567. The van der Waals surface area contributed by atoms with E-state index in [9.17, 15) is 14.9 Å². The van der Waals surface area contributed by atoms with Crippen LogP contribution in [0.3, 0.4) is 0 Å². The third kappa shape index (κ3) is 4.83. The van der Waals surface area contributed by atoms with Crippen LogP contribution < -0.4 is 15.1 Å². The number of benzene rings is 2. The van der Waals surface area contributed by atoms with E-state index in [2.05, 4.69) is 24.1 Å². The van der Waals surface area contributed by atoms with E-state index in [1.807, 2.05) is 29.2 Å². The number of nitrogens with one attached hydrogen (secondary N) is 1. The Balaban J connectivity index is 1.76. The molecule has 0 bridgehead atoms. The number of rotatable bonds is 7. The molecule has 0 unspecified atom stereocenters. The lowest BCUT2D eigenvalue weighted by Crippen LogP contribution is -2.36. The number of hydrogen-bond acceptors (Lipinski definition) is 6. The number of ether oxygens (including phenoxy) is 1. The lowest BCUT2D eigenvalue weighted by atomic mass is 10.1. The molecular formula is C21H26N4O4. The maximum Gasteiger partial charge on any atom is 0.293 e. The largest absolute Gasteiger partial charge is 0.378 e. The molecule has 1 heterocycles. The molecule has 2 aromatic rings. The summed E-state index contributed by atoms with van der Waals surface area (Å²) in [5, 5.41) is 14.4. The van der Waals surface area contributed by atoms with Crippen LogP contribution in [0, 0.1) is 10.1 Å². The van der Waals surface area contributed by atoms with Crippen molar-refractivity contribution in [2.24, 2.45) is 0 Å². The van der Waals surface area contributed by atoms with Gasteiger partial charge >= 0.3 is 0 Å². The molecule has 8 heteroatoms. The molecule has 1 aliphatic heterocycles. The van der Waals surface area contributed by atoms with Crippen molar-refractivity contribution in [2.75, 3.05) is 54.5 Å². The number of carbonyl (C=O) groups excluding carboxylic acids is 1. The summed E-state index contributed by atoms with van der Waals surface area (Å²) in [4.78, 5) is 27.9. The molecule has 0 spiro atoms. The summed E-state index contributed by atoms with van der Waals surface area (Å²) in [5.41, 5.74) is 2.42. The molecule has 1 amide bonds. The number of nitro groups is 1. The van der Waals surface area contributed by atoms with Gasteiger partial charge in [0.2, 0.25) is 0 Å². The van der Waals surface area contributed by atoms with Gasteiger partial charge in [0.25, 0.3) is 11.6 Å². The predicted molar refractivity (Wildman–Crippen MR) is 114 cm³/mol. The maximum atomic E-state index is 12.6. The van der Waals surface area contributed by atoms with Gasteiger partial charge in [0.15, 0.2) is 0 Å². The summed E-state index contributed by atoms with van der Waals surface area (Å²) >= 11 is 0. The van der Waals surface area contributed by atoms with Crippen LogP contribution in [0.15, 0.2) is 42.5 Å². The number of carbonyl (C=O) groups is 1. The average molecular weight is 398 g/mol. The minimum Gasteiger partial charge on any atom is -0.378 e. The van der Waals surface area contributed by atoms with E-state index >= 15 is 0 Å². The van der Waals surface area contributed by atoms with Crippen molar-refractivity contribution in [3.63, 3.8) is 0 Å². The molecule has 1 fully saturated rings. The van der Waals surface area contributed by atoms with Gasteiger partial charge in [-0.05, 0) is 50.2 Å². The fraction of sp³-hybridized carbons (Fsp3) is 0.381. The molecule has 0 aromatic heterocycles. The molecule has 1 aliphatic rings. The van der Waals surface area contributed by atoms with E-state index in [0.29, 0.717) is 37.7 Å². The molecular weight excluding hydrogens is 372 g/mol. The number of morpholine rings is 1. The van der Waals surface area contributed by atoms with Gasteiger partial charge in [-0.3, -0.25) is 14.9 Å². The zero-order chi connectivity index (χ0) is 20.8. The zero-order valence-corrected chi connectivity index (χ0v) is 16.8. The Bertz CT molecular complexity index is 859. The summed E-state index contributed by atoms with van der Waals surface area (Å²) in [6, 6.07) is 12.2. The number of nitrogens with zero attached hydrogens (tertiary/aromatic N) is 3. The second kappa shape index (κ2) is 9.38. The standard InChI is InChI=1S/C21H26N4O4/c1-3-23(4-2)18-8-6-17(7-9-18)22-21(26)16-5-10-19(20(15-16)25(27)28)24-11-13-29-14-12-24/h5-10,15H,3-4,11-14H2,1-2H3,(H,22,26). The van der Waals surface area contributed by atoms with Gasteiger partial charge in [-0.1, -0.05) is 0 Å². The topological polar surface area (TPSA) is 88.0 Å². The number of nitro benzene ring substituents is 1. The lowest BCUT2D eigenvalue weighted by Gasteiger charge is -2.28. The molecule has 3 rings (SSSR count). The van der Waals surface area contributed by atoms with Crippen molar-refractivity contribution in [2.45, 2.75) is 13.8 Å². The van der Waals surface area contributed by atoms with Crippen molar-refractivity contribution < 1.29 is 14.5 Å². The summed E-state index contributed by atoms with van der Waals surface area (Å²) in [6.45, 7) is 8.23. The van der Waals surface area contributed by atoms with Gasteiger partial charge in [0.1, 0.15) is 5.69 Å². The average Bonchev–Trinajstić information content (AvgIpc) is 2.76. The van der Waals surface area contributed by atoms with E-state index < -0.39 is 4.92 Å². The van der Waals surface area contributed by atoms with Crippen LogP contribution in [0.25, 0.3) is 0 Å². The fourth-order valence-electron chi connectivity index (χ4n) is 3.43. The minimum atomic E-state index is -0.444. The van der Waals surface area contributed by atoms with E-state index in [1.54, 1.807) is 12.1 Å². The monoisotopic (exact) mass is 398 g/mol. The molecule has 0 saturated carbocycles. The molecule has 1 saturated heterocycles. The Kier molecular flexibility index (Phi) is 6.66. The van der Waals surface area contributed by atoms with Gasteiger partial charge in [0.05, 0.1) is 18.1 Å². The van der Waals surface area contributed by atoms with Crippen LogP contribution in [0.4, 0.5) is 22.7 Å². The van der Waals surface area contributed by atoms with Crippen molar-refractivity contribution in [1.82, 2.24) is 0 Å². The Morgan fingerprint density at radius 3 is 2.38 bits per heavy atom. The molecule has 154 valence electrons. The number of hydrogen-bond donors (Lipinski definition) is 1. The van der Waals surface area contributed by atoms with Gasteiger partial charge in [-0.2, -0.15) is 0 Å². The van der Waals surface area contributed by atoms with Gasteiger partial charge in [0, 0.05) is 49.2 Å². The Morgan fingerprint density at radius 1 is 1.14 bits per heavy atom. The lowest BCUT2D eigenvalue weighted by molar-refractivity contribution is -0.384. The Labute approximate surface area is 170 Å². The van der Waals surface area contributed by atoms with Crippen molar-refractivity contribution >= 4 is 28.7 Å². The highest BCUT2D eigenvalue weighted by Crippen LogP contribution is 2.30.